The Balaban J connectivity index is 1.32. The molecule has 0 unspecified atom stereocenters. The summed E-state index contributed by atoms with van der Waals surface area (Å²) in [5.74, 6) is 0.349. The maximum absolute atomic E-state index is 12.0. The number of alkyl carbamates (subject to hydrolysis) is 1. The van der Waals surface area contributed by atoms with Crippen molar-refractivity contribution in [2.24, 2.45) is 5.92 Å². The third-order valence-corrected chi connectivity index (χ3v) is 5.56. The molecule has 154 valence electrons. The highest BCUT2D eigenvalue weighted by Crippen LogP contribution is 2.25. The fourth-order valence-corrected chi connectivity index (χ4v) is 4.11. The monoisotopic (exact) mass is 429 g/mol. The Morgan fingerprint density at radius 1 is 1.07 bits per heavy atom. The molecular weight excluding hydrogens is 405 g/mol. The molecule has 1 aromatic rings. The van der Waals surface area contributed by atoms with Gasteiger partial charge in [0.05, 0.1) is 6.61 Å². The maximum atomic E-state index is 12.0. The lowest BCUT2D eigenvalue weighted by Crippen LogP contribution is -2.39. The summed E-state index contributed by atoms with van der Waals surface area (Å²) in [5, 5.41) is 3.41. The van der Waals surface area contributed by atoms with Gasteiger partial charge >= 0.3 is 12.2 Å². The number of nitrogens with zero attached hydrogens (tertiary/aromatic N) is 2. The van der Waals surface area contributed by atoms with Crippen molar-refractivity contribution < 1.29 is 19.1 Å². The zero-order valence-electron chi connectivity index (χ0n) is 15.7. The van der Waals surface area contributed by atoms with E-state index in [9.17, 15) is 9.59 Å². The van der Waals surface area contributed by atoms with Gasteiger partial charge in [-0.15, -0.1) is 0 Å². The van der Waals surface area contributed by atoms with Gasteiger partial charge in [0.25, 0.3) is 0 Å². The van der Waals surface area contributed by atoms with Crippen molar-refractivity contribution in [2.75, 3.05) is 19.7 Å². The zero-order chi connectivity index (χ0) is 19.9. The second kappa shape index (κ2) is 10.2. The van der Waals surface area contributed by atoms with Crippen molar-refractivity contribution in [1.82, 2.24) is 15.2 Å². The van der Waals surface area contributed by atoms with E-state index in [4.69, 9.17) is 32.7 Å². The summed E-state index contributed by atoms with van der Waals surface area (Å²) in [7, 11) is 0. The van der Waals surface area contributed by atoms with Crippen LogP contribution in [-0.4, -0.2) is 47.8 Å². The van der Waals surface area contributed by atoms with E-state index in [1.54, 1.807) is 17.0 Å². The molecule has 9 heteroatoms. The van der Waals surface area contributed by atoms with Gasteiger partial charge in [0, 0.05) is 19.1 Å². The molecule has 7 nitrogen and oxygen atoms in total. The number of hydrogen-bond donors (Lipinski definition) is 1. The highest BCUT2D eigenvalue weighted by molar-refractivity contribution is 6.32. The van der Waals surface area contributed by atoms with Crippen molar-refractivity contribution in [1.29, 1.82) is 0 Å². The molecule has 1 saturated carbocycles. The number of likely N-dealkylation sites (tertiary alicyclic amines) is 1. The Hall–Kier alpha value is -1.73. The molecule has 28 heavy (non-hydrogen) atoms. The molecule has 3 rings (SSSR count). The number of nitrogens with one attached hydrogen (secondary N) is 1. The van der Waals surface area contributed by atoms with Gasteiger partial charge in [0.15, 0.2) is 0 Å². The zero-order valence-corrected chi connectivity index (χ0v) is 17.2. The Kier molecular flexibility index (Phi) is 7.62. The molecule has 0 radical (unpaired) electrons. The predicted octanol–water partition coefficient (Wildman–Crippen LogP) is 4.41. The van der Waals surface area contributed by atoms with Crippen molar-refractivity contribution in [3.05, 3.63) is 28.0 Å². The van der Waals surface area contributed by atoms with Gasteiger partial charge in [-0.05, 0) is 62.1 Å². The molecule has 0 aromatic carbocycles. The third kappa shape index (κ3) is 6.41. The second-order valence-corrected chi connectivity index (χ2v) is 8.10. The summed E-state index contributed by atoms with van der Waals surface area (Å²) in [6.07, 6.45) is 4.96. The first kappa shape index (κ1) is 21.0. The fraction of sp³-hybridized carbons (Fsp3) is 0.632. The fourth-order valence-electron chi connectivity index (χ4n) is 3.61. The van der Waals surface area contributed by atoms with Crippen LogP contribution in [-0.2, 0) is 16.1 Å². The molecule has 1 aromatic heterocycles. The number of aromatic nitrogens is 1. The quantitative estimate of drug-likeness (QED) is 0.701. The average molecular weight is 430 g/mol. The van der Waals surface area contributed by atoms with Gasteiger partial charge in [-0.1, -0.05) is 23.2 Å². The number of carbonyl (C=O) groups excluding carboxylic acids is 2. The number of pyridine rings is 1. The van der Waals surface area contributed by atoms with Crippen molar-refractivity contribution in [2.45, 2.75) is 51.2 Å². The second-order valence-electron chi connectivity index (χ2n) is 7.33. The molecule has 2 fully saturated rings. The SMILES string of the molecule is O=C(NC1CCC(COC(=O)N2CCCC2)CC1)OCc1cc(Cl)nc(Cl)c1. The summed E-state index contributed by atoms with van der Waals surface area (Å²) in [6, 6.07) is 3.28. The number of rotatable bonds is 5. The van der Waals surface area contributed by atoms with E-state index in [0.717, 1.165) is 51.6 Å². The van der Waals surface area contributed by atoms with Crippen LogP contribution < -0.4 is 5.32 Å². The molecule has 2 aliphatic rings. The van der Waals surface area contributed by atoms with Crippen LogP contribution in [0.4, 0.5) is 9.59 Å². The Bertz CT molecular complexity index is 670. The molecule has 1 aliphatic carbocycles. The first-order valence-corrected chi connectivity index (χ1v) is 10.4. The number of halogens is 2. The van der Waals surface area contributed by atoms with Crippen LogP contribution in [0, 0.1) is 5.92 Å². The molecule has 0 atom stereocenters. The van der Waals surface area contributed by atoms with E-state index in [-0.39, 0.29) is 29.0 Å². The van der Waals surface area contributed by atoms with Gasteiger partial charge in [0.2, 0.25) is 0 Å². The summed E-state index contributed by atoms with van der Waals surface area (Å²) in [6.45, 7) is 2.14. The highest BCUT2D eigenvalue weighted by atomic mass is 35.5. The highest BCUT2D eigenvalue weighted by Gasteiger charge is 2.25. The van der Waals surface area contributed by atoms with Crippen LogP contribution in [0.3, 0.4) is 0 Å². The van der Waals surface area contributed by atoms with Gasteiger partial charge in [-0.2, -0.15) is 0 Å². The van der Waals surface area contributed by atoms with Crippen molar-refractivity contribution >= 4 is 35.4 Å². The topological polar surface area (TPSA) is 80.8 Å². The lowest BCUT2D eigenvalue weighted by atomic mass is 9.86. The van der Waals surface area contributed by atoms with Crippen LogP contribution in [0.5, 0.6) is 0 Å². The third-order valence-electron chi connectivity index (χ3n) is 5.17. The number of carbonyl (C=O) groups is 2. The smallest absolute Gasteiger partial charge is 0.409 e. The molecular formula is C19H25Cl2N3O4. The van der Waals surface area contributed by atoms with E-state index in [1.165, 1.54) is 0 Å². The average Bonchev–Trinajstić information content (AvgIpc) is 3.20. The molecule has 2 amide bonds. The molecule has 2 heterocycles. The minimum absolute atomic E-state index is 0.0719. The normalized spacial score (nSPS) is 22.0. The van der Waals surface area contributed by atoms with Crippen LogP contribution in [0.2, 0.25) is 10.3 Å². The first-order chi connectivity index (χ1) is 13.5. The van der Waals surface area contributed by atoms with Crippen LogP contribution in [0.15, 0.2) is 12.1 Å². The van der Waals surface area contributed by atoms with Crippen molar-refractivity contribution in [3.8, 4) is 0 Å². The van der Waals surface area contributed by atoms with Crippen LogP contribution in [0.1, 0.15) is 44.1 Å². The number of amides is 2. The summed E-state index contributed by atoms with van der Waals surface area (Å²) in [4.78, 5) is 29.6. The summed E-state index contributed by atoms with van der Waals surface area (Å²) in [5.41, 5.74) is 0.684. The van der Waals surface area contributed by atoms with E-state index >= 15 is 0 Å². The van der Waals surface area contributed by atoms with Gasteiger partial charge in [-0.25, -0.2) is 14.6 Å². The maximum Gasteiger partial charge on any atom is 0.409 e. The van der Waals surface area contributed by atoms with Gasteiger partial charge < -0.3 is 19.7 Å². The molecule has 0 bridgehead atoms. The Labute approximate surface area is 174 Å². The van der Waals surface area contributed by atoms with Gasteiger partial charge in [-0.3, -0.25) is 0 Å². The first-order valence-electron chi connectivity index (χ1n) is 9.66. The summed E-state index contributed by atoms with van der Waals surface area (Å²) < 4.78 is 10.7. The number of ether oxygens (including phenoxy) is 2. The van der Waals surface area contributed by atoms with Crippen LogP contribution in [0.25, 0.3) is 0 Å². The molecule has 1 aliphatic heterocycles. The lowest BCUT2D eigenvalue weighted by Gasteiger charge is -2.29. The van der Waals surface area contributed by atoms with E-state index < -0.39 is 6.09 Å². The van der Waals surface area contributed by atoms with E-state index in [2.05, 4.69) is 10.3 Å². The Morgan fingerprint density at radius 3 is 2.36 bits per heavy atom. The summed E-state index contributed by atoms with van der Waals surface area (Å²) >= 11 is 11.7. The van der Waals surface area contributed by atoms with E-state index in [1.807, 2.05) is 0 Å². The Morgan fingerprint density at radius 2 is 1.71 bits per heavy atom. The van der Waals surface area contributed by atoms with Crippen LogP contribution >= 0.6 is 23.2 Å². The van der Waals surface area contributed by atoms with Gasteiger partial charge in [0.1, 0.15) is 16.9 Å². The minimum atomic E-state index is -0.465. The molecule has 0 spiro atoms. The minimum Gasteiger partial charge on any atom is -0.449 e. The largest absolute Gasteiger partial charge is 0.449 e. The van der Waals surface area contributed by atoms with E-state index in [0.29, 0.717) is 18.1 Å². The molecule has 1 N–H and O–H groups in total. The predicted molar refractivity (Wildman–Crippen MR) is 105 cm³/mol. The standard InChI is InChI=1S/C19H25Cl2N3O4/c20-16-9-14(10-17(21)23-16)12-27-18(25)22-15-5-3-13(4-6-15)11-28-19(26)24-7-1-2-8-24/h9-10,13,15H,1-8,11-12H2,(H,22,25). The van der Waals surface area contributed by atoms with Crippen molar-refractivity contribution in [3.63, 3.8) is 0 Å². The lowest BCUT2D eigenvalue weighted by molar-refractivity contribution is 0.0832. The molecule has 1 saturated heterocycles. The number of hydrogen-bond acceptors (Lipinski definition) is 5.